The predicted molar refractivity (Wildman–Crippen MR) is 95.3 cm³/mol. The SMILES string of the molecule is CCCCCCCCCCCC(c1ccc[nH]1)c1ccc[nH]1. The van der Waals surface area contributed by atoms with E-state index >= 15 is 0 Å². The standard InChI is InChI=1S/C20H32N2/c1-2-3-4-5-6-7-8-9-10-13-18(19-14-11-16-21-19)20-15-12-17-22-20/h11-12,14-18,21-22H,2-10,13H2,1H3. The summed E-state index contributed by atoms with van der Waals surface area (Å²) >= 11 is 0. The third-order valence-electron chi connectivity index (χ3n) is 4.59. The van der Waals surface area contributed by atoms with E-state index in [2.05, 4.69) is 41.2 Å². The Hall–Kier alpha value is -1.44. The van der Waals surface area contributed by atoms with Gasteiger partial charge in [-0.25, -0.2) is 0 Å². The van der Waals surface area contributed by atoms with Gasteiger partial charge in [0, 0.05) is 29.7 Å². The molecule has 0 saturated heterocycles. The van der Waals surface area contributed by atoms with E-state index in [0.29, 0.717) is 5.92 Å². The number of rotatable bonds is 12. The van der Waals surface area contributed by atoms with E-state index < -0.39 is 0 Å². The molecule has 2 N–H and O–H groups in total. The maximum Gasteiger partial charge on any atom is 0.0391 e. The number of H-pyrrole nitrogens is 2. The lowest BCUT2D eigenvalue weighted by Crippen LogP contribution is -2.02. The minimum Gasteiger partial charge on any atom is -0.364 e. The Bertz CT molecular complexity index is 422. The zero-order chi connectivity index (χ0) is 15.5. The highest BCUT2D eigenvalue weighted by Crippen LogP contribution is 2.28. The molecule has 2 heterocycles. The molecule has 0 aliphatic rings. The molecule has 0 unspecified atom stereocenters. The summed E-state index contributed by atoms with van der Waals surface area (Å²) in [6, 6.07) is 8.61. The van der Waals surface area contributed by atoms with Gasteiger partial charge in [-0.3, -0.25) is 0 Å². The van der Waals surface area contributed by atoms with Crippen LogP contribution >= 0.6 is 0 Å². The maximum atomic E-state index is 3.39. The van der Waals surface area contributed by atoms with Crippen LogP contribution in [0.15, 0.2) is 36.7 Å². The molecule has 0 fully saturated rings. The van der Waals surface area contributed by atoms with Crippen molar-refractivity contribution >= 4 is 0 Å². The second kappa shape index (κ2) is 10.3. The monoisotopic (exact) mass is 300 g/mol. The summed E-state index contributed by atoms with van der Waals surface area (Å²) < 4.78 is 0. The van der Waals surface area contributed by atoms with E-state index in [1.54, 1.807) is 0 Å². The smallest absolute Gasteiger partial charge is 0.0391 e. The minimum absolute atomic E-state index is 0.495. The highest BCUT2D eigenvalue weighted by Gasteiger charge is 2.15. The lowest BCUT2D eigenvalue weighted by atomic mass is 9.94. The third kappa shape index (κ3) is 5.75. The van der Waals surface area contributed by atoms with E-state index in [9.17, 15) is 0 Å². The number of unbranched alkanes of at least 4 members (excludes halogenated alkanes) is 8. The molecule has 2 aromatic rings. The Balaban J connectivity index is 1.63. The van der Waals surface area contributed by atoms with Gasteiger partial charge in [0.2, 0.25) is 0 Å². The van der Waals surface area contributed by atoms with Gasteiger partial charge in [-0.1, -0.05) is 64.7 Å². The van der Waals surface area contributed by atoms with E-state index in [0.717, 1.165) is 0 Å². The fourth-order valence-electron chi connectivity index (χ4n) is 3.26. The first-order valence-electron chi connectivity index (χ1n) is 9.18. The van der Waals surface area contributed by atoms with Crippen molar-refractivity contribution in [2.24, 2.45) is 0 Å². The normalized spacial score (nSPS) is 11.4. The number of nitrogens with one attached hydrogen (secondary N) is 2. The van der Waals surface area contributed by atoms with Crippen molar-refractivity contribution < 1.29 is 0 Å². The van der Waals surface area contributed by atoms with Crippen molar-refractivity contribution in [1.82, 2.24) is 9.97 Å². The topological polar surface area (TPSA) is 31.6 Å². The van der Waals surface area contributed by atoms with Gasteiger partial charge in [0.05, 0.1) is 0 Å². The number of aromatic amines is 2. The van der Waals surface area contributed by atoms with Crippen LogP contribution in [0, 0.1) is 0 Å². The third-order valence-corrected chi connectivity index (χ3v) is 4.59. The number of hydrogen-bond acceptors (Lipinski definition) is 0. The highest BCUT2D eigenvalue weighted by molar-refractivity contribution is 5.23. The summed E-state index contributed by atoms with van der Waals surface area (Å²) in [4.78, 5) is 6.77. The van der Waals surface area contributed by atoms with Crippen molar-refractivity contribution in [3.63, 3.8) is 0 Å². The molecule has 2 nitrogen and oxygen atoms in total. The molecule has 2 aromatic heterocycles. The van der Waals surface area contributed by atoms with Crippen LogP contribution in [-0.4, -0.2) is 9.97 Å². The average Bonchev–Trinajstić information content (AvgIpc) is 3.22. The number of aromatic nitrogens is 2. The van der Waals surface area contributed by atoms with E-state index in [-0.39, 0.29) is 0 Å². The van der Waals surface area contributed by atoms with Gasteiger partial charge >= 0.3 is 0 Å². The molecule has 2 heteroatoms. The van der Waals surface area contributed by atoms with Crippen molar-refractivity contribution in [2.75, 3.05) is 0 Å². The molecular weight excluding hydrogens is 268 g/mol. The zero-order valence-electron chi connectivity index (χ0n) is 14.1. The Kier molecular flexibility index (Phi) is 7.93. The van der Waals surface area contributed by atoms with Gasteiger partial charge in [-0.2, -0.15) is 0 Å². The van der Waals surface area contributed by atoms with Gasteiger partial charge in [0.15, 0.2) is 0 Å². The molecule has 0 aliphatic heterocycles. The van der Waals surface area contributed by atoms with Crippen LogP contribution in [0.1, 0.15) is 88.4 Å². The fraction of sp³-hybridized carbons (Fsp3) is 0.600. The molecule has 0 spiro atoms. The Morgan fingerprint density at radius 2 is 1.23 bits per heavy atom. The first-order chi connectivity index (χ1) is 10.9. The number of hydrogen-bond donors (Lipinski definition) is 2. The van der Waals surface area contributed by atoms with Crippen molar-refractivity contribution in [3.8, 4) is 0 Å². The lowest BCUT2D eigenvalue weighted by molar-refractivity contribution is 0.541. The highest BCUT2D eigenvalue weighted by atomic mass is 14.7. The molecule has 0 aliphatic carbocycles. The molecule has 0 radical (unpaired) electrons. The van der Waals surface area contributed by atoms with Crippen LogP contribution in [0.5, 0.6) is 0 Å². The quantitative estimate of drug-likeness (QED) is 0.425. The first-order valence-corrected chi connectivity index (χ1v) is 9.18. The molecule has 0 saturated carbocycles. The van der Waals surface area contributed by atoms with Gasteiger partial charge in [0.25, 0.3) is 0 Å². The van der Waals surface area contributed by atoms with Gasteiger partial charge < -0.3 is 9.97 Å². The first kappa shape index (κ1) is 16.9. The van der Waals surface area contributed by atoms with Crippen LogP contribution in [-0.2, 0) is 0 Å². The largest absolute Gasteiger partial charge is 0.364 e. The van der Waals surface area contributed by atoms with Crippen LogP contribution in [0.3, 0.4) is 0 Å². The summed E-state index contributed by atoms with van der Waals surface area (Å²) in [6.07, 6.45) is 17.8. The van der Waals surface area contributed by atoms with Gasteiger partial charge in [0.1, 0.15) is 0 Å². The summed E-state index contributed by atoms with van der Waals surface area (Å²) in [5, 5.41) is 0. The van der Waals surface area contributed by atoms with Crippen LogP contribution < -0.4 is 0 Å². The van der Waals surface area contributed by atoms with Gasteiger partial charge in [-0.05, 0) is 30.7 Å². The van der Waals surface area contributed by atoms with E-state index in [1.807, 2.05) is 12.4 Å². The second-order valence-corrected chi connectivity index (χ2v) is 6.42. The van der Waals surface area contributed by atoms with Crippen molar-refractivity contribution in [2.45, 2.75) is 77.0 Å². The fourth-order valence-corrected chi connectivity index (χ4v) is 3.26. The molecule has 0 atom stereocenters. The zero-order valence-corrected chi connectivity index (χ0v) is 14.1. The second-order valence-electron chi connectivity index (χ2n) is 6.42. The Morgan fingerprint density at radius 1 is 0.727 bits per heavy atom. The molecule has 0 aromatic carbocycles. The lowest BCUT2D eigenvalue weighted by Gasteiger charge is -2.14. The summed E-state index contributed by atoms with van der Waals surface area (Å²) in [7, 11) is 0. The van der Waals surface area contributed by atoms with Crippen molar-refractivity contribution in [3.05, 3.63) is 48.0 Å². The summed E-state index contributed by atoms with van der Waals surface area (Å²) in [5.41, 5.74) is 2.67. The predicted octanol–water partition coefficient (Wildman–Crippen LogP) is 6.40. The Morgan fingerprint density at radius 3 is 1.68 bits per heavy atom. The van der Waals surface area contributed by atoms with E-state index in [1.165, 1.54) is 75.6 Å². The molecule has 22 heavy (non-hydrogen) atoms. The minimum atomic E-state index is 0.495. The van der Waals surface area contributed by atoms with Gasteiger partial charge in [-0.15, -0.1) is 0 Å². The van der Waals surface area contributed by atoms with Crippen molar-refractivity contribution in [1.29, 1.82) is 0 Å². The summed E-state index contributed by atoms with van der Waals surface area (Å²) in [6.45, 7) is 2.28. The van der Waals surface area contributed by atoms with Crippen LogP contribution in [0.2, 0.25) is 0 Å². The van der Waals surface area contributed by atoms with Crippen LogP contribution in [0.25, 0.3) is 0 Å². The molecule has 0 amide bonds. The van der Waals surface area contributed by atoms with Crippen LogP contribution in [0.4, 0.5) is 0 Å². The molecule has 2 rings (SSSR count). The molecule has 0 bridgehead atoms. The summed E-state index contributed by atoms with van der Waals surface area (Å²) in [5.74, 6) is 0.495. The molecule has 122 valence electrons. The average molecular weight is 300 g/mol. The maximum absolute atomic E-state index is 3.39. The van der Waals surface area contributed by atoms with E-state index in [4.69, 9.17) is 0 Å². The molecular formula is C20H32N2. The Labute approximate surface area is 135 Å².